The third-order valence-electron chi connectivity index (χ3n) is 3.80. The Morgan fingerprint density at radius 3 is 2.71 bits per heavy atom. The molecule has 0 aromatic heterocycles. The quantitative estimate of drug-likeness (QED) is 0.854. The average molecular weight is 249 g/mol. The molecule has 1 saturated carbocycles. The fourth-order valence-electron chi connectivity index (χ4n) is 2.58. The molecule has 0 amide bonds. The van der Waals surface area contributed by atoms with Crippen LogP contribution in [0.1, 0.15) is 37.7 Å². The van der Waals surface area contributed by atoms with Gasteiger partial charge in [-0.15, -0.1) is 0 Å². The predicted molar refractivity (Wildman–Crippen MR) is 77.8 cm³/mol. The Kier molecular flexibility index (Phi) is 4.93. The van der Waals surface area contributed by atoms with Crippen molar-refractivity contribution in [2.75, 3.05) is 12.8 Å². The van der Waals surface area contributed by atoms with Crippen molar-refractivity contribution >= 4 is 11.8 Å². The fourth-order valence-corrected chi connectivity index (χ4v) is 3.38. The first-order chi connectivity index (χ1) is 8.29. The van der Waals surface area contributed by atoms with Gasteiger partial charge in [-0.25, -0.2) is 0 Å². The summed E-state index contributed by atoms with van der Waals surface area (Å²) in [5, 5.41) is 4.62. The molecule has 2 heteroatoms. The van der Waals surface area contributed by atoms with Crippen LogP contribution in [0.25, 0.3) is 0 Å². The van der Waals surface area contributed by atoms with Gasteiger partial charge in [0.1, 0.15) is 0 Å². The molecule has 1 aliphatic rings. The largest absolute Gasteiger partial charge is 0.313 e. The number of hydrogen-bond acceptors (Lipinski definition) is 2. The van der Waals surface area contributed by atoms with Crippen LogP contribution in [-0.2, 0) is 0 Å². The Morgan fingerprint density at radius 2 is 2.06 bits per heavy atom. The van der Waals surface area contributed by atoms with Crippen molar-refractivity contribution in [3.8, 4) is 0 Å². The first kappa shape index (κ1) is 13.0. The number of thioether (sulfide) groups is 1. The molecule has 94 valence electrons. The van der Waals surface area contributed by atoms with E-state index in [9.17, 15) is 0 Å². The van der Waals surface area contributed by atoms with Gasteiger partial charge in [-0.2, -0.15) is 11.8 Å². The zero-order valence-corrected chi connectivity index (χ0v) is 11.7. The van der Waals surface area contributed by atoms with Gasteiger partial charge in [0.2, 0.25) is 0 Å². The summed E-state index contributed by atoms with van der Waals surface area (Å²) >= 11 is 2.03. The van der Waals surface area contributed by atoms with E-state index in [1.54, 1.807) is 0 Å². The van der Waals surface area contributed by atoms with Gasteiger partial charge in [0, 0.05) is 17.8 Å². The third-order valence-corrected chi connectivity index (χ3v) is 4.89. The van der Waals surface area contributed by atoms with E-state index in [1.807, 2.05) is 11.8 Å². The van der Waals surface area contributed by atoms with Crippen molar-refractivity contribution in [3.05, 3.63) is 35.9 Å². The van der Waals surface area contributed by atoms with Gasteiger partial charge in [-0.1, -0.05) is 37.3 Å². The molecule has 3 atom stereocenters. The predicted octanol–water partition coefficient (Wildman–Crippen LogP) is 3.66. The van der Waals surface area contributed by atoms with Crippen LogP contribution in [0, 0.1) is 0 Å². The minimum atomic E-state index is 0.615. The fraction of sp³-hybridized carbons (Fsp3) is 0.600. The summed E-state index contributed by atoms with van der Waals surface area (Å²) in [4.78, 5) is 0. The lowest BCUT2D eigenvalue weighted by Crippen LogP contribution is -2.30. The van der Waals surface area contributed by atoms with E-state index in [0.29, 0.717) is 5.92 Å². The van der Waals surface area contributed by atoms with Gasteiger partial charge in [0.15, 0.2) is 0 Å². The molecule has 17 heavy (non-hydrogen) atoms. The monoisotopic (exact) mass is 249 g/mol. The number of nitrogens with one attached hydrogen (secondary N) is 1. The van der Waals surface area contributed by atoms with Crippen LogP contribution in [0.5, 0.6) is 0 Å². The molecule has 0 saturated heterocycles. The van der Waals surface area contributed by atoms with Crippen LogP contribution in [-0.4, -0.2) is 24.1 Å². The van der Waals surface area contributed by atoms with E-state index >= 15 is 0 Å². The summed E-state index contributed by atoms with van der Waals surface area (Å²) in [6.45, 7) is 3.42. The van der Waals surface area contributed by atoms with Crippen LogP contribution in [0.3, 0.4) is 0 Å². The SMILES string of the molecule is CSC1CCC(NCC(C)c2ccccc2)C1. The Balaban J connectivity index is 1.75. The highest BCUT2D eigenvalue weighted by Gasteiger charge is 2.23. The molecule has 0 bridgehead atoms. The molecule has 1 aromatic rings. The highest BCUT2D eigenvalue weighted by molar-refractivity contribution is 7.99. The van der Waals surface area contributed by atoms with E-state index < -0.39 is 0 Å². The molecule has 3 unspecified atom stereocenters. The lowest BCUT2D eigenvalue weighted by atomic mass is 10.0. The van der Waals surface area contributed by atoms with Crippen molar-refractivity contribution in [2.24, 2.45) is 0 Å². The second-order valence-electron chi connectivity index (χ2n) is 5.09. The molecule has 0 spiro atoms. The molecular formula is C15H23NS. The minimum Gasteiger partial charge on any atom is -0.313 e. The molecule has 1 aromatic carbocycles. The van der Waals surface area contributed by atoms with Crippen LogP contribution in [0.15, 0.2) is 30.3 Å². The smallest absolute Gasteiger partial charge is 0.00782 e. The second-order valence-corrected chi connectivity index (χ2v) is 6.23. The summed E-state index contributed by atoms with van der Waals surface area (Å²) in [6, 6.07) is 11.6. The average Bonchev–Trinajstić information content (AvgIpc) is 2.85. The molecule has 1 N–H and O–H groups in total. The maximum Gasteiger partial charge on any atom is 0.00782 e. The second kappa shape index (κ2) is 6.46. The Morgan fingerprint density at radius 1 is 1.29 bits per heavy atom. The normalized spacial score (nSPS) is 26.0. The summed E-state index contributed by atoms with van der Waals surface area (Å²) in [6.07, 6.45) is 6.33. The van der Waals surface area contributed by atoms with Crippen molar-refractivity contribution < 1.29 is 0 Å². The summed E-state index contributed by atoms with van der Waals surface area (Å²) < 4.78 is 0. The summed E-state index contributed by atoms with van der Waals surface area (Å²) in [7, 11) is 0. The zero-order valence-electron chi connectivity index (χ0n) is 10.9. The molecule has 2 rings (SSSR count). The van der Waals surface area contributed by atoms with Crippen LogP contribution < -0.4 is 5.32 Å². The maximum absolute atomic E-state index is 3.73. The highest BCUT2D eigenvalue weighted by Crippen LogP contribution is 2.28. The molecule has 1 aliphatic carbocycles. The Hall–Kier alpha value is -0.470. The third kappa shape index (κ3) is 3.75. The standard InChI is InChI=1S/C15H23NS/c1-12(13-6-4-3-5-7-13)11-16-14-8-9-15(10-14)17-2/h3-7,12,14-16H,8-11H2,1-2H3. The molecule has 0 aliphatic heterocycles. The highest BCUT2D eigenvalue weighted by atomic mass is 32.2. The summed E-state index contributed by atoms with van der Waals surface area (Å²) in [5.41, 5.74) is 1.44. The lowest BCUT2D eigenvalue weighted by molar-refractivity contribution is 0.500. The van der Waals surface area contributed by atoms with Crippen molar-refractivity contribution in [3.63, 3.8) is 0 Å². The van der Waals surface area contributed by atoms with Crippen LogP contribution in [0.4, 0.5) is 0 Å². The molecular weight excluding hydrogens is 226 g/mol. The van der Waals surface area contributed by atoms with E-state index in [2.05, 4.69) is 48.8 Å². The zero-order chi connectivity index (χ0) is 12.1. The Bertz CT molecular complexity index is 325. The molecule has 0 heterocycles. The molecule has 1 fully saturated rings. The minimum absolute atomic E-state index is 0.615. The van der Waals surface area contributed by atoms with E-state index in [0.717, 1.165) is 17.8 Å². The molecule has 1 nitrogen and oxygen atoms in total. The Labute approximate surface area is 109 Å². The molecule has 0 radical (unpaired) electrons. The van der Waals surface area contributed by atoms with Crippen molar-refractivity contribution in [1.82, 2.24) is 5.32 Å². The first-order valence-electron chi connectivity index (χ1n) is 6.60. The number of hydrogen-bond donors (Lipinski definition) is 1. The van der Waals surface area contributed by atoms with E-state index in [-0.39, 0.29) is 0 Å². The van der Waals surface area contributed by atoms with Crippen molar-refractivity contribution in [1.29, 1.82) is 0 Å². The van der Waals surface area contributed by atoms with Crippen LogP contribution >= 0.6 is 11.8 Å². The number of rotatable bonds is 5. The van der Waals surface area contributed by atoms with Crippen molar-refractivity contribution in [2.45, 2.75) is 43.4 Å². The van der Waals surface area contributed by atoms with Crippen LogP contribution in [0.2, 0.25) is 0 Å². The van der Waals surface area contributed by atoms with Gasteiger partial charge in [0.25, 0.3) is 0 Å². The summed E-state index contributed by atoms with van der Waals surface area (Å²) in [5.74, 6) is 0.615. The maximum atomic E-state index is 3.73. The van der Waals surface area contributed by atoms with Gasteiger partial charge in [0.05, 0.1) is 0 Å². The number of benzene rings is 1. The van der Waals surface area contributed by atoms with E-state index in [1.165, 1.54) is 24.8 Å². The lowest BCUT2D eigenvalue weighted by Gasteiger charge is -2.17. The van der Waals surface area contributed by atoms with Gasteiger partial charge < -0.3 is 5.32 Å². The first-order valence-corrected chi connectivity index (χ1v) is 7.89. The van der Waals surface area contributed by atoms with Gasteiger partial charge in [-0.05, 0) is 37.0 Å². The topological polar surface area (TPSA) is 12.0 Å². The van der Waals surface area contributed by atoms with Gasteiger partial charge >= 0.3 is 0 Å². The van der Waals surface area contributed by atoms with Gasteiger partial charge in [-0.3, -0.25) is 0 Å². The van der Waals surface area contributed by atoms with E-state index in [4.69, 9.17) is 0 Å².